The number of hydrogen-bond acceptors (Lipinski definition) is 4. The third kappa shape index (κ3) is 5.10. The van der Waals surface area contributed by atoms with Crippen LogP contribution in [0, 0.1) is 3.57 Å². The van der Waals surface area contributed by atoms with Gasteiger partial charge < -0.3 is 10.1 Å². The molecule has 0 saturated heterocycles. The summed E-state index contributed by atoms with van der Waals surface area (Å²) in [7, 11) is -2.15. The average molecular weight is 446 g/mol. The molecule has 0 atom stereocenters. The summed E-state index contributed by atoms with van der Waals surface area (Å²) in [5, 5.41) is 2.43. The van der Waals surface area contributed by atoms with E-state index in [4.69, 9.17) is 4.74 Å². The van der Waals surface area contributed by atoms with E-state index in [-0.39, 0.29) is 17.4 Å². The van der Waals surface area contributed by atoms with E-state index in [2.05, 4.69) is 32.6 Å². The van der Waals surface area contributed by atoms with Crippen LogP contribution in [-0.4, -0.2) is 28.0 Å². The van der Waals surface area contributed by atoms with Crippen molar-refractivity contribution in [1.29, 1.82) is 0 Å². The zero-order valence-corrected chi connectivity index (χ0v) is 15.2. The lowest BCUT2D eigenvalue weighted by atomic mass is 10.3. The Morgan fingerprint density at radius 3 is 2.26 bits per heavy atom. The van der Waals surface area contributed by atoms with Gasteiger partial charge >= 0.3 is 0 Å². The van der Waals surface area contributed by atoms with Gasteiger partial charge in [0.2, 0.25) is 0 Å². The number of carbonyl (C=O) groups excluding carboxylic acids is 1. The average Bonchev–Trinajstić information content (AvgIpc) is 2.55. The van der Waals surface area contributed by atoms with Crippen LogP contribution in [-0.2, 0) is 14.8 Å². The van der Waals surface area contributed by atoms with Crippen LogP contribution in [0.3, 0.4) is 0 Å². The van der Waals surface area contributed by atoms with Crippen molar-refractivity contribution in [1.82, 2.24) is 5.32 Å². The first kappa shape index (κ1) is 17.5. The van der Waals surface area contributed by atoms with Crippen LogP contribution in [0.2, 0.25) is 0 Å². The second kappa shape index (κ2) is 7.64. The van der Waals surface area contributed by atoms with Gasteiger partial charge in [0, 0.05) is 16.3 Å². The highest BCUT2D eigenvalue weighted by Crippen LogP contribution is 2.20. The number of benzene rings is 2. The van der Waals surface area contributed by atoms with Crippen molar-refractivity contribution in [3.8, 4) is 5.75 Å². The number of likely N-dealkylation sites (N-methyl/N-ethyl adjacent to an activating group) is 1. The zero-order valence-electron chi connectivity index (χ0n) is 12.2. The highest BCUT2D eigenvalue weighted by atomic mass is 127. The lowest BCUT2D eigenvalue weighted by molar-refractivity contribution is -0.122. The van der Waals surface area contributed by atoms with Gasteiger partial charge in [0.15, 0.2) is 6.61 Å². The molecule has 0 aromatic heterocycles. The van der Waals surface area contributed by atoms with E-state index in [1.165, 1.54) is 31.3 Å². The first-order valence-electron chi connectivity index (χ1n) is 6.62. The van der Waals surface area contributed by atoms with Gasteiger partial charge in [-0.3, -0.25) is 9.52 Å². The van der Waals surface area contributed by atoms with Crippen LogP contribution >= 0.6 is 22.6 Å². The Labute approximate surface area is 148 Å². The summed E-state index contributed by atoms with van der Waals surface area (Å²) >= 11 is 2.14. The first-order chi connectivity index (χ1) is 10.9. The molecule has 2 N–H and O–H groups in total. The number of hydrogen-bond donors (Lipinski definition) is 2. The molecule has 0 aliphatic carbocycles. The minimum atomic E-state index is -3.67. The lowest BCUT2D eigenvalue weighted by Crippen LogP contribution is -2.24. The van der Waals surface area contributed by atoms with Crippen molar-refractivity contribution in [3.05, 3.63) is 52.1 Å². The van der Waals surface area contributed by atoms with Gasteiger partial charge in [0.25, 0.3) is 15.9 Å². The third-order valence-corrected chi connectivity index (χ3v) is 5.00. The van der Waals surface area contributed by atoms with Crippen molar-refractivity contribution in [2.45, 2.75) is 4.90 Å². The monoisotopic (exact) mass is 446 g/mol. The van der Waals surface area contributed by atoms with Crippen molar-refractivity contribution < 1.29 is 17.9 Å². The molecule has 2 rings (SSSR count). The molecule has 122 valence electrons. The maximum Gasteiger partial charge on any atom is 0.261 e. The third-order valence-electron chi connectivity index (χ3n) is 2.88. The summed E-state index contributed by atoms with van der Waals surface area (Å²) in [4.78, 5) is 11.2. The maximum atomic E-state index is 12.3. The van der Waals surface area contributed by atoms with Crippen LogP contribution in [0.4, 0.5) is 5.69 Å². The van der Waals surface area contributed by atoms with E-state index in [1.54, 1.807) is 12.1 Å². The number of ether oxygens (including phenoxy) is 1. The van der Waals surface area contributed by atoms with E-state index in [1.807, 2.05) is 12.1 Å². The van der Waals surface area contributed by atoms with Crippen LogP contribution in [0.25, 0.3) is 0 Å². The second-order valence-corrected chi connectivity index (χ2v) is 7.47. The van der Waals surface area contributed by atoms with Gasteiger partial charge in [-0.05, 0) is 71.1 Å². The van der Waals surface area contributed by atoms with Crippen LogP contribution in [0.15, 0.2) is 53.4 Å². The molecule has 0 unspecified atom stereocenters. The van der Waals surface area contributed by atoms with Crippen LogP contribution in [0.5, 0.6) is 5.75 Å². The molecule has 0 aliphatic rings. The van der Waals surface area contributed by atoms with Crippen LogP contribution in [0.1, 0.15) is 0 Å². The number of halogens is 1. The molecule has 2 aromatic rings. The van der Waals surface area contributed by atoms with Gasteiger partial charge in [0.1, 0.15) is 5.75 Å². The Balaban J connectivity index is 2.08. The minimum absolute atomic E-state index is 0.114. The summed E-state index contributed by atoms with van der Waals surface area (Å²) < 4.78 is 33.3. The highest BCUT2D eigenvalue weighted by molar-refractivity contribution is 14.1. The van der Waals surface area contributed by atoms with Gasteiger partial charge in [-0.1, -0.05) is 0 Å². The topological polar surface area (TPSA) is 84.5 Å². The summed E-state index contributed by atoms with van der Waals surface area (Å²) in [6.07, 6.45) is 0. The molecule has 0 fully saturated rings. The fourth-order valence-corrected chi connectivity index (χ4v) is 3.09. The van der Waals surface area contributed by atoms with Crippen molar-refractivity contribution >= 4 is 44.2 Å². The molecule has 0 saturated carbocycles. The molecule has 0 aliphatic heterocycles. The molecule has 2 aromatic carbocycles. The normalized spacial score (nSPS) is 10.9. The van der Waals surface area contributed by atoms with Gasteiger partial charge in [-0.15, -0.1) is 0 Å². The molecule has 6 nitrogen and oxygen atoms in total. The number of rotatable bonds is 6. The first-order valence-corrected chi connectivity index (χ1v) is 9.19. The predicted octanol–water partition coefficient (Wildman–Crippen LogP) is 2.22. The molecular weight excluding hydrogens is 431 g/mol. The summed E-state index contributed by atoms with van der Waals surface area (Å²) in [5.41, 5.74) is 0.491. The Morgan fingerprint density at radius 2 is 1.70 bits per heavy atom. The smallest absolute Gasteiger partial charge is 0.261 e. The zero-order chi connectivity index (χ0) is 16.9. The van der Waals surface area contributed by atoms with E-state index < -0.39 is 10.0 Å². The largest absolute Gasteiger partial charge is 0.484 e. The molecule has 1 amide bonds. The number of anilines is 1. The Kier molecular flexibility index (Phi) is 5.83. The molecule has 23 heavy (non-hydrogen) atoms. The van der Waals surface area contributed by atoms with E-state index in [9.17, 15) is 13.2 Å². The molecular formula is C15H15IN2O4S. The molecule has 0 heterocycles. The van der Waals surface area contributed by atoms with Gasteiger partial charge in [0.05, 0.1) is 4.90 Å². The van der Waals surface area contributed by atoms with Gasteiger partial charge in [-0.25, -0.2) is 8.42 Å². The van der Waals surface area contributed by atoms with Crippen molar-refractivity contribution in [2.24, 2.45) is 0 Å². The standard InChI is InChI=1S/C15H15IN2O4S/c1-17-15(19)10-22-13-6-8-14(9-7-13)23(20,21)18-12-4-2-11(16)3-5-12/h2-9,18H,10H2,1H3,(H,17,19). The maximum absolute atomic E-state index is 12.3. The number of carbonyl (C=O) groups is 1. The van der Waals surface area contributed by atoms with Gasteiger partial charge in [-0.2, -0.15) is 0 Å². The molecule has 0 bridgehead atoms. The SMILES string of the molecule is CNC(=O)COc1ccc(S(=O)(=O)Nc2ccc(I)cc2)cc1. The Hall–Kier alpha value is -1.81. The van der Waals surface area contributed by atoms with Crippen molar-refractivity contribution in [3.63, 3.8) is 0 Å². The molecule has 0 radical (unpaired) electrons. The predicted molar refractivity (Wildman–Crippen MR) is 96.0 cm³/mol. The summed E-state index contributed by atoms with van der Waals surface area (Å²) in [5.74, 6) is 0.156. The summed E-state index contributed by atoms with van der Waals surface area (Å²) in [6.45, 7) is -0.122. The number of amides is 1. The second-order valence-electron chi connectivity index (χ2n) is 4.55. The molecule has 8 heteroatoms. The minimum Gasteiger partial charge on any atom is -0.484 e. The fourth-order valence-electron chi connectivity index (χ4n) is 1.67. The number of nitrogens with one attached hydrogen (secondary N) is 2. The lowest BCUT2D eigenvalue weighted by Gasteiger charge is -2.09. The highest BCUT2D eigenvalue weighted by Gasteiger charge is 2.14. The quantitative estimate of drug-likeness (QED) is 0.667. The van der Waals surface area contributed by atoms with Crippen LogP contribution < -0.4 is 14.8 Å². The number of sulfonamides is 1. The van der Waals surface area contributed by atoms with Crippen molar-refractivity contribution in [2.75, 3.05) is 18.4 Å². The molecule has 0 spiro atoms. The van der Waals surface area contributed by atoms with E-state index in [0.29, 0.717) is 11.4 Å². The Bertz CT molecular complexity index is 774. The fraction of sp³-hybridized carbons (Fsp3) is 0.133. The Morgan fingerprint density at radius 1 is 1.09 bits per heavy atom. The van der Waals surface area contributed by atoms with E-state index >= 15 is 0 Å². The van der Waals surface area contributed by atoms with E-state index in [0.717, 1.165) is 3.57 Å². The summed E-state index contributed by atoms with van der Waals surface area (Å²) in [6, 6.07) is 12.9.